The standard InChI is InChI=1S/C23H34N4O3S2/c1-16(22(28)25-23-12-17-9-18(13-23)11-19(10-17)14-23)31-21-4-3-20(15-24-21)32(29,30)27-7-5-26(2)6-8-27/h3-4,15-19H,5-14H2,1-2H3,(H,25,28)/t16-,17?,18?,19?,23?/m1/s1. The number of rotatable bonds is 6. The predicted molar refractivity (Wildman–Crippen MR) is 125 cm³/mol. The molecule has 1 amide bonds. The van der Waals surface area contributed by atoms with Crippen molar-refractivity contribution in [3.63, 3.8) is 0 Å². The smallest absolute Gasteiger partial charge is 0.244 e. The van der Waals surface area contributed by atoms with Crippen molar-refractivity contribution >= 4 is 27.7 Å². The van der Waals surface area contributed by atoms with Crippen LogP contribution >= 0.6 is 11.8 Å². The van der Waals surface area contributed by atoms with Crippen LogP contribution in [-0.2, 0) is 14.8 Å². The number of carbonyl (C=O) groups excluding carboxylic acids is 1. The number of thioether (sulfide) groups is 1. The topological polar surface area (TPSA) is 82.6 Å². The Morgan fingerprint density at radius 2 is 1.69 bits per heavy atom. The number of aromatic nitrogens is 1. The van der Waals surface area contributed by atoms with E-state index in [1.807, 2.05) is 14.0 Å². The monoisotopic (exact) mass is 478 g/mol. The zero-order valence-electron chi connectivity index (χ0n) is 19.0. The average molecular weight is 479 g/mol. The summed E-state index contributed by atoms with van der Waals surface area (Å²) in [5.74, 6) is 2.45. The molecule has 4 aliphatic carbocycles. The fourth-order valence-corrected chi connectivity index (χ4v) is 8.78. The number of nitrogens with zero attached hydrogens (tertiary/aromatic N) is 3. The van der Waals surface area contributed by atoms with Gasteiger partial charge in [0.25, 0.3) is 0 Å². The number of pyridine rings is 1. The van der Waals surface area contributed by atoms with Crippen molar-refractivity contribution < 1.29 is 13.2 Å². The van der Waals surface area contributed by atoms with Crippen LogP contribution in [0.15, 0.2) is 28.3 Å². The van der Waals surface area contributed by atoms with Crippen molar-refractivity contribution in [2.24, 2.45) is 17.8 Å². The Morgan fingerprint density at radius 1 is 1.09 bits per heavy atom. The van der Waals surface area contributed by atoms with E-state index in [0.717, 1.165) is 50.1 Å². The van der Waals surface area contributed by atoms with Gasteiger partial charge in [0, 0.05) is 37.9 Å². The molecule has 6 rings (SSSR count). The highest BCUT2D eigenvalue weighted by Crippen LogP contribution is 2.55. The van der Waals surface area contributed by atoms with Gasteiger partial charge in [-0.2, -0.15) is 4.31 Å². The van der Waals surface area contributed by atoms with Gasteiger partial charge >= 0.3 is 0 Å². The maximum absolute atomic E-state index is 13.0. The summed E-state index contributed by atoms with van der Waals surface area (Å²) < 4.78 is 27.3. The summed E-state index contributed by atoms with van der Waals surface area (Å²) in [6, 6.07) is 3.34. The van der Waals surface area contributed by atoms with Crippen LogP contribution in [0.1, 0.15) is 45.4 Å². The molecule has 0 spiro atoms. The summed E-state index contributed by atoms with van der Waals surface area (Å²) >= 11 is 1.40. The first kappa shape index (κ1) is 22.6. The summed E-state index contributed by atoms with van der Waals surface area (Å²) in [6.07, 6.45) is 8.91. The van der Waals surface area contributed by atoms with Crippen LogP contribution in [0.5, 0.6) is 0 Å². The molecule has 9 heteroatoms. The fraction of sp³-hybridized carbons (Fsp3) is 0.739. The highest BCUT2D eigenvalue weighted by atomic mass is 32.2. The first-order valence-corrected chi connectivity index (χ1v) is 14.2. The van der Waals surface area contributed by atoms with Crippen molar-refractivity contribution in [2.75, 3.05) is 33.2 Å². The molecule has 2 heterocycles. The fourth-order valence-electron chi connectivity index (χ4n) is 6.63. The molecule has 4 saturated carbocycles. The minimum Gasteiger partial charge on any atom is -0.350 e. The maximum atomic E-state index is 13.0. The van der Waals surface area contributed by atoms with E-state index in [4.69, 9.17) is 0 Å². The van der Waals surface area contributed by atoms with E-state index in [-0.39, 0.29) is 21.6 Å². The van der Waals surface area contributed by atoms with Crippen LogP contribution < -0.4 is 5.32 Å². The van der Waals surface area contributed by atoms with Gasteiger partial charge in [-0.15, -0.1) is 0 Å². The molecule has 0 aromatic carbocycles. The van der Waals surface area contributed by atoms with E-state index in [9.17, 15) is 13.2 Å². The molecule has 176 valence electrons. The lowest BCUT2D eigenvalue weighted by Gasteiger charge is -2.57. The number of hydrogen-bond acceptors (Lipinski definition) is 6. The van der Waals surface area contributed by atoms with Gasteiger partial charge in [0.1, 0.15) is 4.90 Å². The maximum Gasteiger partial charge on any atom is 0.244 e. The second-order valence-corrected chi connectivity index (χ2v) is 13.8. The van der Waals surface area contributed by atoms with Gasteiger partial charge in [0.2, 0.25) is 15.9 Å². The first-order chi connectivity index (χ1) is 15.2. The van der Waals surface area contributed by atoms with Crippen LogP contribution in [0.25, 0.3) is 0 Å². The molecule has 1 aliphatic heterocycles. The minimum absolute atomic E-state index is 0.00846. The molecule has 4 bridgehead atoms. The van der Waals surface area contributed by atoms with Gasteiger partial charge in [-0.3, -0.25) is 4.79 Å². The lowest BCUT2D eigenvalue weighted by Crippen LogP contribution is -2.60. The molecule has 5 aliphatic rings. The van der Waals surface area contributed by atoms with Gasteiger partial charge < -0.3 is 10.2 Å². The molecular weight excluding hydrogens is 444 g/mol. The van der Waals surface area contributed by atoms with Gasteiger partial charge in [-0.05, 0) is 82.4 Å². The third-order valence-corrected chi connectivity index (χ3v) is 10.8. The second-order valence-electron chi connectivity index (χ2n) is 10.5. The van der Waals surface area contributed by atoms with E-state index in [1.165, 1.54) is 41.5 Å². The molecule has 1 aromatic heterocycles. The van der Waals surface area contributed by atoms with E-state index >= 15 is 0 Å². The molecule has 1 saturated heterocycles. The molecular formula is C23H34N4O3S2. The molecule has 1 atom stereocenters. The number of likely N-dealkylation sites (N-methyl/N-ethyl adjacent to an activating group) is 1. The van der Waals surface area contributed by atoms with Crippen LogP contribution in [0, 0.1) is 17.8 Å². The van der Waals surface area contributed by atoms with Crippen molar-refractivity contribution in [3.8, 4) is 0 Å². The molecule has 0 radical (unpaired) electrons. The third kappa shape index (κ3) is 4.45. The number of sulfonamides is 1. The largest absolute Gasteiger partial charge is 0.350 e. The SMILES string of the molecule is C[C@@H](Sc1ccc(S(=O)(=O)N2CCN(C)CC2)cn1)C(=O)NC12CC3CC(CC(C3)C1)C2. The van der Waals surface area contributed by atoms with E-state index in [2.05, 4.69) is 15.2 Å². The van der Waals surface area contributed by atoms with Gasteiger partial charge in [-0.1, -0.05) is 11.8 Å². The first-order valence-electron chi connectivity index (χ1n) is 11.9. The molecule has 0 unspecified atom stereocenters. The average Bonchev–Trinajstić information content (AvgIpc) is 2.73. The third-order valence-electron chi connectivity index (χ3n) is 7.90. The number of piperazine rings is 1. The van der Waals surface area contributed by atoms with Crippen molar-refractivity contribution in [1.82, 2.24) is 19.5 Å². The molecule has 7 nitrogen and oxygen atoms in total. The molecule has 1 N–H and O–H groups in total. The summed E-state index contributed by atoms with van der Waals surface area (Å²) in [6.45, 7) is 4.37. The summed E-state index contributed by atoms with van der Waals surface area (Å²) in [7, 11) is -1.52. The van der Waals surface area contributed by atoms with Crippen LogP contribution in [-0.4, -0.2) is 72.5 Å². The lowest BCUT2D eigenvalue weighted by molar-refractivity contribution is -0.126. The Balaban J connectivity index is 1.19. The Bertz CT molecular complexity index is 923. The zero-order chi connectivity index (χ0) is 22.5. The Morgan fingerprint density at radius 3 is 2.22 bits per heavy atom. The van der Waals surface area contributed by atoms with Gasteiger partial charge in [-0.25, -0.2) is 13.4 Å². The van der Waals surface area contributed by atoms with E-state index in [0.29, 0.717) is 18.1 Å². The zero-order valence-corrected chi connectivity index (χ0v) is 20.6. The van der Waals surface area contributed by atoms with Crippen molar-refractivity contribution in [3.05, 3.63) is 18.3 Å². The van der Waals surface area contributed by atoms with Crippen LogP contribution in [0.3, 0.4) is 0 Å². The van der Waals surface area contributed by atoms with Gasteiger partial charge in [0.15, 0.2) is 0 Å². The highest BCUT2D eigenvalue weighted by molar-refractivity contribution is 8.00. The van der Waals surface area contributed by atoms with Gasteiger partial charge in [0.05, 0.1) is 10.3 Å². The normalized spacial score (nSPS) is 33.9. The van der Waals surface area contributed by atoms with E-state index in [1.54, 1.807) is 12.1 Å². The van der Waals surface area contributed by atoms with E-state index < -0.39 is 10.0 Å². The summed E-state index contributed by atoms with van der Waals surface area (Å²) in [5.41, 5.74) is 0.00846. The van der Waals surface area contributed by atoms with Crippen molar-refractivity contribution in [2.45, 2.75) is 66.2 Å². The predicted octanol–water partition coefficient (Wildman–Crippen LogP) is 2.58. The van der Waals surface area contributed by atoms with Crippen molar-refractivity contribution in [1.29, 1.82) is 0 Å². The molecule has 1 aromatic rings. The number of hydrogen-bond donors (Lipinski definition) is 1. The quantitative estimate of drug-likeness (QED) is 0.633. The number of nitrogens with one attached hydrogen (secondary N) is 1. The Hall–Kier alpha value is -1.16. The van der Waals surface area contributed by atoms with Crippen LogP contribution in [0.2, 0.25) is 0 Å². The second kappa shape index (κ2) is 8.56. The Labute approximate surface area is 195 Å². The summed E-state index contributed by atoms with van der Waals surface area (Å²) in [4.78, 5) is 19.7. The minimum atomic E-state index is -3.52. The van der Waals surface area contributed by atoms with Crippen LogP contribution in [0.4, 0.5) is 0 Å². The number of amides is 1. The summed E-state index contributed by atoms with van der Waals surface area (Å²) in [5, 5.41) is 3.84. The molecule has 32 heavy (non-hydrogen) atoms. The lowest BCUT2D eigenvalue weighted by atomic mass is 9.53. The molecule has 5 fully saturated rings. The Kier molecular flexibility index (Phi) is 6.05. The number of carbonyl (C=O) groups is 1. The highest BCUT2D eigenvalue weighted by Gasteiger charge is 2.51.